The van der Waals surface area contributed by atoms with Crippen molar-refractivity contribution in [2.45, 2.75) is 77.6 Å². The third-order valence-electron chi connectivity index (χ3n) is 24.3. The predicted molar refractivity (Wildman–Crippen MR) is 436 cm³/mol. The molecule has 0 spiro atoms. The molecule has 102 heavy (non-hydrogen) atoms. The zero-order valence-corrected chi connectivity index (χ0v) is 59.0. The summed E-state index contributed by atoms with van der Waals surface area (Å²) in [5.74, 6) is 0.507. The fourth-order valence-corrected chi connectivity index (χ4v) is 19.1. The van der Waals surface area contributed by atoms with Crippen molar-refractivity contribution in [2.24, 2.45) is 0 Å². The summed E-state index contributed by atoms with van der Waals surface area (Å²) in [5, 5.41) is 15.2. The van der Waals surface area contributed by atoms with Gasteiger partial charge in [0.25, 0.3) is 0 Å². The zero-order valence-electron chi connectivity index (χ0n) is 59.0. The van der Waals surface area contributed by atoms with E-state index in [2.05, 4.69) is 365 Å². The summed E-state index contributed by atoms with van der Waals surface area (Å²) in [6.45, 7) is 19.0. The molecule has 0 radical (unpaired) electrons. The standard InChI is InChI=1S/C102H76/c1-60(2)61-37-39-62(40-38-61)63-41-43-64(44-42-63)94-76-24-9-11-26-78(76)95(79-27-12-10-25-77(79)94)68-48-53-74-72-50-45-65(55-89(72)101(5,6)92(74)58-68)66-46-51-73-75-54-49-69(59-93(75)102(7,8)90(73)56-66)97-82-30-15-19-34-86(82)99(87-35-20-16-31-83(87)97)98-84-32-17-13-28-80(84)96(81-29-14-18-33-85(81)98)67-47-52-71-70-23-21-22-36-88(70)100(3,4)91(71)57-67/h9-60H,1-8H3. The van der Waals surface area contributed by atoms with Crippen LogP contribution < -0.4 is 0 Å². The molecule has 0 N–H and O–H groups in total. The van der Waals surface area contributed by atoms with Crippen LogP contribution in [0.3, 0.4) is 0 Å². The third kappa shape index (κ3) is 8.69. The van der Waals surface area contributed by atoms with Gasteiger partial charge in [-0.3, -0.25) is 0 Å². The van der Waals surface area contributed by atoms with Crippen molar-refractivity contribution in [1.29, 1.82) is 0 Å². The van der Waals surface area contributed by atoms with E-state index in [0.717, 1.165) is 0 Å². The van der Waals surface area contributed by atoms with Crippen LogP contribution >= 0.6 is 0 Å². The van der Waals surface area contributed by atoms with Gasteiger partial charge in [-0.2, -0.15) is 0 Å². The fraction of sp³-hybridized carbons (Fsp3) is 0.118. The van der Waals surface area contributed by atoms with Crippen molar-refractivity contribution in [3.63, 3.8) is 0 Å². The average molecular weight is 1300 g/mol. The Bertz CT molecular complexity index is 6290. The molecule has 0 aliphatic heterocycles. The van der Waals surface area contributed by atoms with Crippen molar-refractivity contribution in [2.75, 3.05) is 0 Å². The molecule has 17 aromatic rings. The van der Waals surface area contributed by atoms with E-state index >= 15 is 0 Å². The minimum Gasteiger partial charge on any atom is -0.0619 e. The molecule has 0 unspecified atom stereocenters. The molecular formula is C102H76. The van der Waals surface area contributed by atoms with Crippen LogP contribution in [0, 0.1) is 0 Å². The highest BCUT2D eigenvalue weighted by Gasteiger charge is 2.40. The van der Waals surface area contributed by atoms with Crippen LogP contribution in [0.5, 0.6) is 0 Å². The lowest BCUT2D eigenvalue weighted by Crippen LogP contribution is -2.15. The first-order chi connectivity index (χ1) is 49.7. The molecule has 0 amide bonds. The van der Waals surface area contributed by atoms with Gasteiger partial charge in [0.2, 0.25) is 0 Å². The molecule has 0 nitrogen and oxygen atoms in total. The maximum absolute atomic E-state index is 2.54. The Labute approximate surface area is 597 Å². The van der Waals surface area contributed by atoms with Crippen molar-refractivity contribution in [1.82, 2.24) is 0 Å². The molecule has 484 valence electrons. The van der Waals surface area contributed by atoms with Crippen molar-refractivity contribution in [3.05, 3.63) is 348 Å². The van der Waals surface area contributed by atoms with Gasteiger partial charge in [-0.05, 0) is 251 Å². The first-order valence-electron chi connectivity index (χ1n) is 36.6. The van der Waals surface area contributed by atoms with Crippen LogP contribution in [0.1, 0.15) is 100 Å². The van der Waals surface area contributed by atoms with Gasteiger partial charge in [0.1, 0.15) is 0 Å². The Balaban J connectivity index is 0.647. The van der Waals surface area contributed by atoms with Crippen molar-refractivity contribution < 1.29 is 0 Å². The minimum absolute atomic E-state index is 0.110. The van der Waals surface area contributed by atoms with Gasteiger partial charge in [0.15, 0.2) is 0 Å². The Morgan fingerprint density at radius 2 is 0.382 bits per heavy atom. The van der Waals surface area contributed by atoms with E-state index < -0.39 is 0 Å². The smallest absolute Gasteiger partial charge is 0.0159 e. The van der Waals surface area contributed by atoms with Crippen LogP contribution in [0.4, 0.5) is 0 Å². The number of rotatable bonds is 8. The highest BCUT2D eigenvalue weighted by atomic mass is 14.4. The van der Waals surface area contributed by atoms with E-state index in [4.69, 9.17) is 0 Å². The highest BCUT2D eigenvalue weighted by Crippen LogP contribution is 2.58. The lowest BCUT2D eigenvalue weighted by atomic mass is 9.78. The molecule has 0 atom stereocenters. The maximum Gasteiger partial charge on any atom is 0.0159 e. The second-order valence-corrected chi connectivity index (χ2v) is 31.1. The molecule has 20 rings (SSSR count). The summed E-state index contributed by atoms with van der Waals surface area (Å²) in [5.41, 5.74) is 34.7. The Morgan fingerprint density at radius 1 is 0.176 bits per heavy atom. The predicted octanol–water partition coefficient (Wildman–Crippen LogP) is 28.3. The van der Waals surface area contributed by atoms with E-state index in [-0.39, 0.29) is 16.2 Å². The molecular weight excluding hydrogens is 1230 g/mol. The molecule has 0 saturated carbocycles. The molecule has 0 fully saturated rings. The summed E-state index contributed by atoms with van der Waals surface area (Å²) >= 11 is 0. The van der Waals surface area contributed by atoms with Gasteiger partial charge in [0, 0.05) is 16.2 Å². The van der Waals surface area contributed by atoms with Crippen LogP contribution in [-0.4, -0.2) is 0 Å². The zero-order chi connectivity index (χ0) is 68.7. The minimum atomic E-state index is -0.263. The molecule has 0 heterocycles. The molecule has 0 heteroatoms. The first kappa shape index (κ1) is 60.3. The van der Waals surface area contributed by atoms with Crippen LogP contribution in [0.15, 0.2) is 309 Å². The highest BCUT2D eigenvalue weighted by molar-refractivity contribution is 6.30. The summed E-state index contributed by atoms with van der Waals surface area (Å²) in [6, 6.07) is 119. The summed E-state index contributed by atoms with van der Waals surface area (Å²) in [7, 11) is 0. The third-order valence-corrected chi connectivity index (χ3v) is 24.3. The number of hydrogen-bond donors (Lipinski definition) is 0. The molecule has 3 aliphatic rings. The molecule has 0 bridgehead atoms. The lowest BCUT2D eigenvalue weighted by Gasteiger charge is -2.25. The van der Waals surface area contributed by atoms with E-state index in [1.54, 1.807) is 0 Å². The number of benzene rings is 17. The normalized spacial score (nSPS) is 14.2. The first-order valence-corrected chi connectivity index (χ1v) is 36.6. The van der Waals surface area contributed by atoms with E-state index in [1.165, 1.54) is 215 Å². The van der Waals surface area contributed by atoms with Crippen LogP contribution in [0.2, 0.25) is 0 Å². The summed E-state index contributed by atoms with van der Waals surface area (Å²) in [4.78, 5) is 0. The molecule has 0 aromatic heterocycles. The van der Waals surface area contributed by atoms with Gasteiger partial charge >= 0.3 is 0 Å². The average Bonchev–Trinajstić information content (AvgIpc) is 0.952. The van der Waals surface area contributed by atoms with Crippen LogP contribution in [0.25, 0.3) is 176 Å². The summed E-state index contributed by atoms with van der Waals surface area (Å²) in [6.07, 6.45) is 0. The molecule has 17 aromatic carbocycles. The monoisotopic (exact) mass is 1300 g/mol. The van der Waals surface area contributed by atoms with Crippen molar-refractivity contribution >= 4 is 64.6 Å². The topological polar surface area (TPSA) is 0 Å². The van der Waals surface area contributed by atoms with E-state index in [1.807, 2.05) is 0 Å². The largest absolute Gasteiger partial charge is 0.0619 e. The second-order valence-electron chi connectivity index (χ2n) is 31.1. The Hall–Kier alpha value is -11.7. The van der Waals surface area contributed by atoms with Gasteiger partial charge < -0.3 is 0 Å². The van der Waals surface area contributed by atoms with Gasteiger partial charge in [0.05, 0.1) is 0 Å². The molecule has 3 aliphatic carbocycles. The van der Waals surface area contributed by atoms with Gasteiger partial charge in [-0.15, -0.1) is 0 Å². The Kier molecular flexibility index (Phi) is 13.1. The number of hydrogen-bond acceptors (Lipinski definition) is 0. The van der Waals surface area contributed by atoms with Crippen LogP contribution in [-0.2, 0) is 16.2 Å². The van der Waals surface area contributed by atoms with Gasteiger partial charge in [-0.1, -0.05) is 334 Å². The summed E-state index contributed by atoms with van der Waals surface area (Å²) < 4.78 is 0. The Morgan fingerprint density at radius 3 is 0.686 bits per heavy atom. The van der Waals surface area contributed by atoms with E-state index in [0.29, 0.717) is 5.92 Å². The number of fused-ring (bicyclic) bond motifs is 15. The van der Waals surface area contributed by atoms with Gasteiger partial charge in [-0.25, -0.2) is 0 Å². The van der Waals surface area contributed by atoms with E-state index in [9.17, 15) is 0 Å². The maximum atomic E-state index is 2.54. The molecule has 0 saturated heterocycles. The second kappa shape index (κ2) is 22.1. The quantitative estimate of drug-likeness (QED) is 0.133. The lowest BCUT2D eigenvalue weighted by molar-refractivity contribution is 0.660. The fourth-order valence-electron chi connectivity index (χ4n) is 19.1. The van der Waals surface area contributed by atoms with Crippen molar-refractivity contribution in [3.8, 4) is 111 Å². The SMILES string of the molecule is CC(C)c1ccc(-c2ccc(-c3c4ccccc4c(-c4ccc5c(c4)C(C)(C)c4cc(-c6ccc7c(c6)C(C)(C)c6cc(-c8c9ccccc9c(-c9c%10ccccc%10c(-c%10ccc%11c(c%10)C(C)(C)c%10ccccc%10-%11)c%10ccccc9%10)c9ccccc89)ccc6-7)ccc4-5)c4ccccc34)cc2)cc1.